The van der Waals surface area contributed by atoms with E-state index in [0.29, 0.717) is 10.2 Å². The second kappa shape index (κ2) is 7.46. The average molecular weight is 386 g/mol. The molecule has 1 aromatic carbocycles. The maximum Gasteiger partial charge on any atom is 0.346 e. The van der Waals surface area contributed by atoms with Crippen molar-refractivity contribution in [2.75, 3.05) is 20.6 Å². The molecule has 0 spiro atoms. The summed E-state index contributed by atoms with van der Waals surface area (Å²) in [6.07, 6.45) is -1.82. The average Bonchev–Trinajstić information content (AvgIpc) is 2.94. The van der Waals surface area contributed by atoms with Crippen molar-refractivity contribution in [2.45, 2.75) is 22.6 Å². The quantitative estimate of drug-likeness (QED) is 0.702. The molecule has 10 heteroatoms. The van der Waals surface area contributed by atoms with Gasteiger partial charge in [0.05, 0.1) is 10.2 Å². The van der Waals surface area contributed by atoms with Gasteiger partial charge in [0.2, 0.25) is 20.3 Å². The molecule has 0 saturated carbocycles. The summed E-state index contributed by atoms with van der Waals surface area (Å²) >= 11 is 0.957. The monoisotopic (exact) mass is 386 g/mol. The number of sulfone groups is 1. The van der Waals surface area contributed by atoms with Gasteiger partial charge in [0.25, 0.3) is 0 Å². The fourth-order valence-electron chi connectivity index (χ4n) is 2.28. The van der Waals surface area contributed by atoms with E-state index in [1.165, 1.54) is 4.90 Å². The molecule has 0 saturated heterocycles. The molecule has 0 bridgehead atoms. The number of benzene rings is 1. The van der Waals surface area contributed by atoms with Gasteiger partial charge < -0.3 is 14.7 Å². The van der Waals surface area contributed by atoms with Crippen LogP contribution >= 0.6 is 11.3 Å². The summed E-state index contributed by atoms with van der Waals surface area (Å²) in [5.41, 5.74) is 0.508. The lowest BCUT2D eigenvalue weighted by molar-refractivity contribution is -0.162. The maximum atomic E-state index is 13.0. The Kier molecular flexibility index (Phi) is 5.76. The molecule has 1 heterocycles. The number of thiazole rings is 1. The third-order valence-electron chi connectivity index (χ3n) is 3.34. The summed E-state index contributed by atoms with van der Waals surface area (Å²) in [6, 6.07) is 6.89. The molecule has 2 unspecified atom stereocenters. The Morgan fingerprint density at radius 2 is 1.96 bits per heavy atom. The SMILES string of the molecule is CC(=O)OC(C(=O)O)C(CN(C)C)S(=O)(=O)c1nc2ccccc2s1. The Morgan fingerprint density at radius 3 is 2.48 bits per heavy atom. The van der Waals surface area contributed by atoms with Crippen LogP contribution in [0.25, 0.3) is 10.2 Å². The number of carbonyl (C=O) groups is 2. The van der Waals surface area contributed by atoms with Crippen molar-refractivity contribution in [1.82, 2.24) is 9.88 Å². The summed E-state index contributed by atoms with van der Waals surface area (Å²) in [4.78, 5) is 28.4. The van der Waals surface area contributed by atoms with Gasteiger partial charge >= 0.3 is 11.9 Å². The van der Waals surface area contributed by atoms with Gasteiger partial charge in [0, 0.05) is 13.5 Å². The van der Waals surface area contributed by atoms with Crippen molar-refractivity contribution in [3.05, 3.63) is 24.3 Å². The summed E-state index contributed by atoms with van der Waals surface area (Å²) < 4.78 is 31.3. The molecule has 0 aliphatic carbocycles. The second-order valence-electron chi connectivity index (χ2n) is 5.66. The predicted octanol–water partition coefficient (Wildman–Crippen LogP) is 1.02. The maximum absolute atomic E-state index is 13.0. The Morgan fingerprint density at radius 1 is 1.32 bits per heavy atom. The summed E-state index contributed by atoms with van der Waals surface area (Å²) in [6.45, 7) is 0.898. The van der Waals surface area contributed by atoms with Crippen LogP contribution < -0.4 is 0 Å². The number of carbonyl (C=O) groups excluding carboxylic acids is 1. The Labute approximate surface area is 149 Å². The molecule has 0 aliphatic rings. The number of esters is 1. The lowest BCUT2D eigenvalue weighted by atomic mass is 10.2. The van der Waals surface area contributed by atoms with Crippen LogP contribution in [-0.2, 0) is 24.2 Å². The van der Waals surface area contributed by atoms with Crippen LogP contribution in [0.2, 0.25) is 0 Å². The van der Waals surface area contributed by atoms with Gasteiger partial charge in [-0.3, -0.25) is 4.79 Å². The summed E-state index contributed by atoms with van der Waals surface area (Å²) in [5, 5.41) is 7.90. The number of ether oxygens (including phenoxy) is 1. The number of hydrogen-bond donors (Lipinski definition) is 1. The number of carboxylic acid groups (broad SMARTS) is 1. The second-order valence-corrected chi connectivity index (χ2v) is 9.03. The highest BCUT2D eigenvalue weighted by Gasteiger charge is 2.43. The van der Waals surface area contributed by atoms with Crippen molar-refractivity contribution in [3.63, 3.8) is 0 Å². The lowest BCUT2D eigenvalue weighted by Gasteiger charge is -2.25. The molecule has 0 aliphatic heterocycles. The van der Waals surface area contributed by atoms with Crippen molar-refractivity contribution < 1.29 is 27.9 Å². The smallest absolute Gasteiger partial charge is 0.346 e. The molecule has 136 valence electrons. The van der Waals surface area contributed by atoms with Gasteiger partial charge in [-0.1, -0.05) is 12.1 Å². The van der Waals surface area contributed by atoms with Crippen LogP contribution in [0.5, 0.6) is 0 Å². The van der Waals surface area contributed by atoms with Gasteiger partial charge in [0.1, 0.15) is 5.25 Å². The van der Waals surface area contributed by atoms with E-state index in [0.717, 1.165) is 18.3 Å². The first kappa shape index (κ1) is 19.3. The summed E-state index contributed by atoms with van der Waals surface area (Å²) in [5.74, 6) is -2.39. The van der Waals surface area contributed by atoms with Crippen molar-refractivity contribution in [2.24, 2.45) is 0 Å². The normalized spacial score (nSPS) is 14.4. The van der Waals surface area contributed by atoms with Crippen LogP contribution in [0.1, 0.15) is 6.92 Å². The molecule has 2 rings (SSSR count). The fourth-order valence-corrected chi connectivity index (χ4v) is 5.56. The first-order valence-electron chi connectivity index (χ1n) is 7.27. The van der Waals surface area contributed by atoms with Crippen molar-refractivity contribution >= 4 is 43.3 Å². The van der Waals surface area contributed by atoms with Crippen molar-refractivity contribution in [1.29, 1.82) is 0 Å². The number of carboxylic acids is 1. The molecule has 0 amide bonds. The van der Waals surface area contributed by atoms with E-state index in [1.54, 1.807) is 38.4 Å². The molecule has 8 nitrogen and oxygen atoms in total. The third kappa shape index (κ3) is 4.33. The van der Waals surface area contributed by atoms with Crippen molar-refractivity contribution in [3.8, 4) is 0 Å². The van der Waals surface area contributed by atoms with Gasteiger partial charge in [-0.25, -0.2) is 18.2 Å². The van der Waals surface area contributed by atoms with E-state index >= 15 is 0 Å². The lowest BCUT2D eigenvalue weighted by Crippen LogP contribution is -2.48. The van der Waals surface area contributed by atoms with Crippen LogP contribution in [0.15, 0.2) is 28.6 Å². The number of nitrogens with zero attached hydrogens (tertiary/aromatic N) is 2. The number of rotatable bonds is 7. The Hall–Kier alpha value is -2.04. The van der Waals surface area contributed by atoms with Crippen LogP contribution in [-0.4, -0.2) is 67.3 Å². The molecular formula is C15H18N2O6S2. The molecule has 2 aromatic rings. The van der Waals surface area contributed by atoms with E-state index in [-0.39, 0.29) is 10.9 Å². The topological polar surface area (TPSA) is 114 Å². The molecular weight excluding hydrogens is 368 g/mol. The van der Waals surface area contributed by atoms with E-state index in [9.17, 15) is 23.1 Å². The third-order valence-corrected chi connectivity index (χ3v) is 6.88. The predicted molar refractivity (Wildman–Crippen MR) is 92.3 cm³/mol. The molecule has 1 N–H and O–H groups in total. The highest BCUT2D eigenvalue weighted by atomic mass is 32.2. The van der Waals surface area contributed by atoms with Gasteiger partial charge in [-0.05, 0) is 26.2 Å². The van der Waals surface area contributed by atoms with Gasteiger partial charge in [-0.15, -0.1) is 11.3 Å². The Bertz CT molecular complexity index is 857. The van der Waals surface area contributed by atoms with E-state index < -0.39 is 33.1 Å². The van der Waals surface area contributed by atoms with E-state index in [2.05, 4.69) is 4.98 Å². The largest absolute Gasteiger partial charge is 0.478 e. The zero-order valence-electron chi connectivity index (χ0n) is 13.9. The molecule has 25 heavy (non-hydrogen) atoms. The van der Waals surface area contributed by atoms with Gasteiger partial charge in [-0.2, -0.15) is 0 Å². The minimum Gasteiger partial charge on any atom is -0.478 e. The molecule has 2 atom stereocenters. The van der Waals surface area contributed by atoms with E-state index in [4.69, 9.17) is 4.74 Å². The standard InChI is InChI=1S/C15H18N2O6S2/c1-9(18)23-13(14(19)20)12(8-17(2)3)25(21,22)15-16-10-6-4-5-7-11(10)24-15/h4-7,12-13H,8H2,1-3H3,(H,19,20). The number of hydrogen-bond acceptors (Lipinski definition) is 8. The van der Waals surface area contributed by atoms with E-state index in [1.807, 2.05) is 0 Å². The van der Waals surface area contributed by atoms with Crippen LogP contribution in [0, 0.1) is 0 Å². The highest BCUT2D eigenvalue weighted by Crippen LogP contribution is 2.29. The minimum absolute atomic E-state index is 0.136. The number of aromatic nitrogens is 1. The fraction of sp³-hybridized carbons (Fsp3) is 0.400. The first-order valence-corrected chi connectivity index (χ1v) is 9.63. The van der Waals surface area contributed by atoms with Crippen LogP contribution in [0.3, 0.4) is 0 Å². The summed E-state index contributed by atoms with van der Waals surface area (Å²) in [7, 11) is -0.931. The minimum atomic E-state index is -4.14. The molecule has 0 fully saturated rings. The number of fused-ring (bicyclic) bond motifs is 1. The Balaban J connectivity index is 2.53. The van der Waals surface area contributed by atoms with Gasteiger partial charge in [0.15, 0.2) is 0 Å². The zero-order chi connectivity index (χ0) is 18.8. The number of aliphatic carboxylic acids is 1. The zero-order valence-corrected chi connectivity index (χ0v) is 15.5. The first-order chi connectivity index (χ1) is 11.6. The number of para-hydroxylation sites is 1. The highest BCUT2D eigenvalue weighted by molar-refractivity contribution is 7.94. The molecule has 0 radical (unpaired) electrons. The molecule has 1 aromatic heterocycles. The van der Waals surface area contributed by atoms with Crippen LogP contribution in [0.4, 0.5) is 0 Å².